The van der Waals surface area contributed by atoms with Gasteiger partial charge in [0.15, 0.2) is 0 Å². The van der Waals surface area contributed by atoms with Gasteiger partial charge in [-0.05, 0) is 60.7 Å². The lowest BCUT2D eigenvalue weighted by atomic mass is 9.88. The fourth-order valence-corrected chi connectivity index (χ4v) is 3.49. The van der Waals surface area contributed by atoms with Crippen LogP contribution in [0.2, 0.25) is 0 Å². The summed E-state index contributed by atoms with van der Waals surface area (Å²) in [6.07, 6.45) is 4.33. The van der Waals surface area contributed by atoms with Gasteiger partial charge in [-0.2, -0.15) is 0 Å². The molecular formula is C27H28O3. The maximum absolute atomic E-state index is 11.8. The van der Waals surface area contributed by atoms with Crippen LogP contribution < -0.4 is 4.74 Å². The SMILES string of the molecule is COC(=O)c1ccc([C@@H](/C=C(\C)CCc2ccccc2)c2ccc(OC)cc2)cc1. The zero-order chi connectivity index (χ0) is 21.3. The van der Waals surface area contributed by atoms with Gasteiger partial charge < -0.3 is 9.47 Å². The zero-order valence-electron chi connectivity index (χ0n) is 17.8. The quantitative estimate of drug-likeness (QED) is 0.334. The largest absolute Gasteiger partial charge is 0.497 e. The van der Waals surface area contributed by atoms with Crippen molar-refractivity contribution in [1.29, 1.82) is 0 Å². The van der Waals surface area contributed by atoms with E-state index in [1.54, 1.807) is 7.11 Å². The van der Waals surface area contributed by atoms with E-state index in [9.17, 15) is 4.79 Å². The highest BCUT2D eigenvalue weighted by Crippen LogP contribution is 2.30. The number of allylic oxidation sites excluding steroid dienone is 2. The van der Waals surface area contributed by atoms with Crippen LogP contribution in [-0.4, -0.2) is 20.2 Å². The maximum Gasteiger partial charge on any atom is 0.337 e. The predicted octanol–water partition coefficient (Wildman–Crippen LogP) is 6.19. The van der Waals surface area contributed by atoms with Crippen molar-refractivity contribution in [3.63, 3.8) is 0 Å². The van der Waals surface area contributed by atoms with Crippen molar-refractivity contribution in [2.75, 3.05) is 14.2 Å². The monoisotopic (exact) mass is 400 g/mol. The molecule has 154 valence electrons. The zero-order valence-corrected chi connectivity index (χ0v) is 17.8. The topological polar surface area (TPSA) is 35.5 Å². The molecule has 0 aliphatic rings. The molecule has 3 aromatic rings. The molecule has 0 radical (unpaired) electrons. The summed E-state index contributed by atoms with van der Waals surface area (Å²) in [6, 6.07) is 26.4. The number of ether oxygens (including phenoxy) is 2. The van der Waals surface area contributed by atoms with Crippen molar-refractivity contribution in [1.82, 2.24) is 0 Å². The average molecular weight is 401 g/mol. The van der Waals surface area contributed by atoms with Crippen molar-refractivity contribution >= 4 is 5.97 Å². The molecule has 1 atom stereocenters. The van der Waals surface area contributed by atoms with Crippen molar-refractivity contribution < 1.29 is 14.3 Å². The smallest absolute Gasteiger partial charge is 0.337 e. The normalized spacial score (nSPS) is 12.3. The number of esters is 1. The minimum Gasteiger partial charge on any atom is -0.497 e. The van der Waals surface area contributed by atoms with Gasteiger partial charge in [-0.25, -0.2) is 4.79 Å². The van der Waals surface area contributed by atoms with Gasteiger partial charge in [0, 0.05) is 5.92 Å². The molecule has 0 saturated carbocycles. The van der Waals surface area contributed by atoms with Crippen LogP contribution in [-0.2, 0) is 11.2 Å². The number of methoxy groups -OCH3 is 2. The summed E-state index contributed by atoms with van der Waals surface area (Å²) >= 11 is 0. The van der Waals surface area contributed by atoms with Gasteiger partial charge in [0.2, 0.25) is 0 Å². The van der Waals surface area contributed by atoms with Crippen LogP contribution in [0.4, 0.5) is 0 Å². The fourth-order valence-electron chi connectivity index (χ4n) is 3.49. The molecule has 0 saturated heterocycles. The molecule has 0 N–H and O–H groups in total. The molecule has 0 aliphatic heterocycles. The Morgan fingerprint density at radius 3 is 2.03 bits per heavy atom. The number of rotatable bonds is 8. The second-order valence-electron chi connectivity index (χ2n) is 7.36. The van der Waals surface area contributed by atoms with Crippen LogP contribution in [0.3, 0.4) is 0 Å². The van der Waals surface area contributed by atoms with Crippen molar-refractivity contribution in [3.8, 4) is 5.75 Å². The summed E-state index contributed by atoms with van der Waals surface area (Å²) in [5.41, 5.74) is 5.54. The third-order valence-electron chi connectivity index (χ3n) is 5.27. The van der Waals surface area contributed by atoms with E-state index in [2.05, 4.69) is 49.4 Å². The van der Waals surface area contributed by atoms with Crippen molar-refractivity contribution in [2.24, 2.45) is 0 Å². The molecule has 0 unspecified atom stereocenters. The Morgan fingerprint density at radius 2 is 1.47 bits per heavy atom. The first-order valence-electron chi connectivity index (χ1n) is 10.1. The van der Waals surface area contributed by atoms with E-state index in [4.69, 9.17) is 9.47 Å². The minimum absolute atomic E-state index is 0.0957. The lowest BCUT2D eigenvalue weighted by Gasteiger charge is -2.17. The highest BCUT2D eigenvalue weighted by atomic mass is 16.5. The Kier molecular flexibility index (Phi) is 7.45. The number of hydrogen-bond donors (Lipinski definition) is 0. The maximum atomic E-state index is 11.8. The number of carbonyl (C=O) groups is 1. The molecule has 0 aromatic heterocycles. The van der Waals surface area contributed by atoms with E-state index in [0.29, 0.717) is 5.56 Å². The first kappa shape index (κ1) is 21.4. The third kappa shape index (κ3) is 5.60. The Labute approximate surface area is 179 Å². The highest BCUT2D eigenvalue weighted by Gasteiger charge is 2.14. The van der Waals surface area contributed by atoms with Crippen LogP contribution in [0, 0.1) is 0 Å². The lowest BCUT2D eigenvalue weighted by Crippen LogP contribution is -2.03. The third-order valence-corrected chi connectivity index (χ3v) is 5.27. The summed E-state index contributed by atoms with van der Waals surface area (Å²) in [6.45, 7) is 2.18. The van der Waals surface area contributed by atoms with E-state index >= 15 is 0 Å². The van der Waals surface area contributed by atoms with Crippen LogP contribution in [0.1, 0.15) is 46.3 Å². The van der Waals surface area contributed by atoms with E-state index < -0.39 is 0 Å². The molecule has 0 bridgehead atoms. The minimum atomic E-state index is -0.322. The molecule has 3 rings (SSSR count). The van der Waals surface area contributed by atoms with Gasteiger partial charge in [0.05, 0.1) is 19.8 Å². The number of carbonyl (C=O) groups excluding carboxylic acids is 1. The standard InChI is InChI=1S/C27H28O3/c1-20(9-10-21-7-5-4-6-8-21)19-26(23-15-17-25(29-2)18-16-23)22-11-13-24(14-12-22)27(28)30-3/h4-8,11-19,26H,9-10H2,1-3H3/b20-19+/t26-/m1/s1. The second kappa shape index (κ2) is 10.4. The van der Waals surface area contributed by atoms with Gasteiger partial charge in [0.1, 0.15) is 5.75 Å². The molecule has 0 fully saturated rings. The molecule has 0 amide bonds. The van der Waals surface area contributed by atoms with Crippen molar-refractivity contribution in [3.05, 3.63) is 113 Å². The Morgan fingerprint density at radius 1 is 0.867 bits per heavy atom. The molecule has 0 aliphatic carbocycles. The van der Waals surface area contributed by atoms with Crippen molar-refractivity contribution in [2.45, 2.75) is 25.7 Å². The molecule has 3 heteroatoms. The first-order chi connectivity index (χ1) is 14.6. The summed E-state index contributed by atoms with van der Waals surface area (Å²) in [5, 5.41) is 0. The summed E-state index contributed by atoms with van der Waals surface area (Å²) in [5.74, 6) is 0.610. The number of hydrogen-bond acceptors (Lipinski definition) is 3. The Bertz CT molecular complexity index is 971. The van der Waals surface area contributed by atoms with Crippen LogP contribution in [0.15, 0.2) is 90.5 Å². The van der Waals surface area contributed by atoms with Crippen LogP contribution >= 0.6 is 0 Å². The van der Waals surface area contributed by atoms with E-state index in [0.717, 1.165) is 24.2 Å². The van der Waals surface area contributed by atoms with Gasteiger partial charge in [0.25, 0.3) is 0 Å². The molecule has 3 aromatic carbocycles. The van der Waals surface area contributed by atoms with Gasteiger partial charge >= 0.3 is 5.97 Å². The molecular weight excluding hydrogens is 372 g/mol. The predicted molar refractivity (Wildman–Crippen MR) is 121 cm³/mol. The Balaban J connectivity index is 1.87. The first-order valence-corrected chi connectivity index (χ1v) is 10.1. The lowest BCUT2D eigenvalue weighted by molar-refractivity contribution is 0.0600. The molecule has 30 heavy (non-hydrogen) atoms. The fraction of sp³-hybridized carbons (Fsp3) is 0.222. The highest BCUT2D eigenvalue weighted by molar-refractivity contribution is 5.89. The number of benzene rings is 3. The van der Waals surface area contributed by atoms with Gasteiger partial charge in [-0.1, -0.05) is 66.2 Å². The molecule has 0 heterocycles. The summed E-state index contributed by atoms with van der Waals surface area (Å²) in [4.78, 5) is 11.8. The summed E-state index contributed by atoms with van der Waals surface area (Å²) < 4.78 is 10.1. The Hall–Kier alpha value is -3.33. The average Bonchev–Trinajstić information content (AvgIpc) is 2.81. The van der Waals surface area contributed by atoms with Crippen LogP contribution in [0.5, 0.6) is 5.75 Å². The van der Waals surface area contributed by atoms with E-state index in [1.807, 2.05) is 42.5 Å². The second-order valence-corrected chi connectivity index (χ2v) is 7.36. The van der Waals surface area contributed by atoms with Gasteiger partial charge in [-0.15, -0.1) is 0 Å². The van der Waals surface area contributed by atoms with E-state index in [1.165, 1.54) is 23.8 Å². The number of aryl methyl sites for hydroxylation is 1. The van der Waals surface area contributed by atoms with Crippen LogP contribution in [0.25, 0.3) is 0 Å². The molecule has 0 spiro atoms. The summed E-state index contributed by atoms with van der Waals surface area (Å²) in [7, 11) is 3.07. The van der Waals surface area contributed by atoms with E-state index in [-0.39, 0.29) is 11.9 Å². The van der Waals surface area contributed by atoms with Gasteiger partial charge in [-0.3, -0.25) is 0 Å². The molecule has 3 nitrogen and oxygen atoms in total.